The molecule has 1 N–H and O–H groups in total. The van der Waals surface area contributed by atoms with Crippen molar-refractivity contribution in [1.29, 1.82) is 0 Å². The first-order valence-corrected chi connectivity index (χ1v) is 8.72. The summed E-state index contributed by atoms with van der Waals surface area (Å²) in [5, 5.41) is 3.36. The molecule has 7 heteroatoms. The lowest BCUT2D eigenvalue weighted by Crippen LogP contribution is -2.38. The van der Waals surface area contributed by atoms with Gasteiger partial charge in [0.2, 0.25) is 17.7 Å². The van der Waals surface area contributed by atoms with E-state index >= 15 is 0 Å². The Morgan fingerprint density at radius 3 is 2.42 bits per heavy atom. The molecule has 2 aliphatic rings. The zero-order valence-electron chi connectivity index (χ0n) is 14.1. The largest absolute Gasteiger partial charge is 0.423 e. The lowest BCUT2D eigenvalue weighted by Gasteiger charge is -2.19. The smallest absolute Gasteiger partial charge is 0.336 e. The third-order valence-corrected chi connectivity index (χ3v) is 5.14. The Balaban J connectivity index is 1.47. The molecular weight excluding hydrogens is 336 g/mol. The van der Waals surface area contributed by atoms with Gasteiger partial charge in [-0.1, -0.05) is 12.8 Å². The molecule has 0 unspecified atom stereocenters. The van der Waals surface area contributed by atoms with Gasteiger partial charge >= 0.3 is 5.63 Å². The molecule has 1 saturated heterocycles. The van der Waals surface area contributed by atoms with Crippen LogP contribution in [-0.2, 0) is 14.4 Å². The number of amides is 3. The number of nitrogens with one attached hydrogen (secondary N) is 1. The first kappa shape index (κ1) is 16.5. The van der Waals surface area contributed by atoms with Crippen LogP contribution in [0.25, 0.3) is 11.0 Å². The van der Waals surface area contributed by atoms with E-state index in [1.807, 2.05) is 0 Å². The van der Waals surface area contributed by atoms with Crippen LogP contribution < -0.4 is 10.9 Å². The summed E-state index contributed by atoms with van der Waals surface area (Å²) in [4.78, 5) is 49.5. The second-order valence-corrected chi connectivity index (χ2v) is 6.82. The number of rotatable bonds is 3. The molecule has 1 saturated carbocycles. The van der Waals surface area contributed by atoms with Gasteiger partial charge in [0, 0.05) is 17.1 Å². The van der Waals surface area contributed by atoms with Gasteiger partial charge in [-0.2, -0.15) is 0 Å². The standard InChI is InChI=1S/C19H18N2O5/c22-16(10-21-18(24)13-3-1-2-4-14(13)19(21)25)20-12-6-7-15-11(9-12)5-8-17(23)26-15/h5-9,13-14H,1-4,10H2,(H,20,22)/t13-,14-/m0/s1. The van der Waals surface area contributed by atoms with Crippen LogP contribution in [0.2, 0.25) is 0 Å². The van der Waals surface area contributed by atoms with Crippen molar-refractivity contribution in [3.63, 3.8) is 0 Å². The van der Waals surface area contributed by atoms with Crippen molar-refractivity contribution in [3.05, 3.63) is 40.8 Å². The Kier molecular flexibility index (Phi) is 4.06. The van der Waals surface area contributed by atoms with Crippen LogP contribution in [0.15, 0.2) is 39.5 Å². The molecule has 1 aromatic carbocycles. The van der Waals surface area contributed by atoms with Crippen molar-refractivity contribution < 1.29 is 18.8 Å². The van der Waals surface area contributed by atoms with Crippen LogP contribution in [-0.4, -0.2) is 29.2 Å². The molecule has 2 fully saturated rings. The number of likely N-dealkylation sites (tertiary alicyclic amines) is 1. The van der Waals surface area contributed by atoms with Gasteiger partial charge < -0.3 is 9.73 Å². The molecule has 1 aliphatic carbocycles. The van der Waals surface area contributed by atoms with Gasteiger partial charge in [-0.3, -0.25) is 19.3 Å². The van der Waals surface area contributed by atoms with E-state index in [0.29, 0.717) is 16.7 Å². The Labute approximate surface area is 149 Å². The monoisotopic (exact) mass is 354 g/mol. The summed E-state index contributed by atoms with van der Waals surface area (Å²) in [5.74, 6) is -1.40. The second-order valence-electron chi connectivity index (χ2n) is 6.82. The normalized spacial score (nSPS) is 22.5. The highest BCUT2D eigenvalue weighted by Gasteiger charge is 2.48. The number of fused-ring (bicyclic) bond motifs is 2. The van der Waals surface area contributed by atoms with E-state index < -0.39 is 11.5 Å². The van der Waals surface area contributed by atoms with Crippen LogP contribution in [0.4, 0.5) is 5.69 Å². The Hall–Kier alpha value is -2.96. The minimum Gasteiger partial charge on any atom is -0.423 e. The number of carbonyl (C=O) groups is 3. The molecule has 0 spiro atoms. The van der Waals surface area contributed by atoms with Gasteiger partial charge in [-0.25, -0.2) is 4.79 Å². The van der Waals surface area contributed by atoms with Gasteiger partial charge in [0.25, 0.3) is 0 Å². The van der Waals surface area contributed by atoms with Crippen LogP contribution in [0.3, 0.4) is 0 Å². The van der Waals surface area contributed by atoms with Crippen molar-refractivity contribution in [2.24, 2.45) is 11.8 Å². The third-order valence-electron chi connectivity index (χ3n) is 5.14. The Morgan fingerprint density at radius 1 is 1.04 bits per heavy atom. The van der Waals surface area contributed by atoms with Gasteiger partial charge in [0.1, 0.15) is 12.1 Å². The lowest BCUT2D eigenvalue weighted by atomic mass is 9.81. The summed E-state index contributed by atoms with van der Waals surface area (Å²) in [7, 11) is 0. The number of hydrogen-bond donors (Lipinski definition) is 1. The van der Waals surface area contributed by atoms with E-state index in [-0.39, 0.29) is 30.2 Å². The number of imide groups is 1. The predicted molar refractivity (Wildman–Crippen MR) is 93.3 cm³/mol. The van der Waals surface area contributed by atoms with Crippen LogP contribution in [0, 0.1) is 11.8 Å². The van der Waals surface area contributed by atoms with Gasteiger partial charge in [0.05, 0.1) is 11.8 Å². The van der Waals surface area contributed by atoms with Crippen LogP contribution in [0.5, 0.6) is 0 Å². The first-order chi connectivity index (χ1) is 12.5. The van der Waals surface area contributed by atoms with Crippen molar-refractivity contribution >= 4 is 34.4 Å². The van der Waals surface area contributed by atoms with Gasteiger partial charge in [-0.15, -0.1) is 0 Å². The third kappa shape index (κ3) is 2.89. The maximum Gasteiger partial charge on any atom is 0.336 e. The predicted octanol–water partition coefficient (Wildman–Crippen LogP) is 1.91. The molecule has 4 rings (SSSR count). The van der Waals surface area contributed by atoms with Crippen LogP contribution in [0.1, 0.15) is 25.7 Å². The Morgan fingerprint density at radius 2 is 1.73 bits per heavy atom. The van der Waals surface area contributed by atoms with Crippen LogP contribution >= 0.6 is 0 Å². The summed E-state index contributed by atoms with van der Waals surface area (Å²) in [6, 6.07) is 7.78. The maximum atomic E-state index is 12.4. The molecule has 2 atom stereocenters. The highest BCUT2D eigenvalue weighted by molar-refractivity contribution is 6.08. The number of carbonyl (C=O) groups excluding carboxylic acids is 3. The summed E-state index contributed by atoms with van der Waals surface area (Å²) >= 11 is 0. The molecule has 2 heterocycles. The Bertz CT molecular complexity index is 940. The summed E-state index contributed by atoms with van der Waals surface area (Å²) in [6.07, 6.45) is 3.35. The highest BCUT2D eigenvalue weighted by atomic mass is 16.4. The molecule has 2 aromatic rings. The first-order valence-electron chi connectivity index (χ1n) is 8.72. The van der Waals surface area contributed by atoms with E-state index in [9.17, 15) is 19.2 Å². The minimum absolute atomic E-state index is 0.227. The average molecular weight is 354 g/mol. The fourth-order valence-corrected chi connectivity index (χ4v) is 3.88. The summed E-state index contributed by atoms with van der Waals surface area (Å²) < 4.78 is 5.05. The zero-order chi connectivity index (χ0) is 18.3. The fraction of sp³-hybridized carbons (Fsp3) is 0.368. The molecule has 134 valence electrons. The minimum atomic E-state index is -0.443. The topological polar surface area (TPSA) is 96.7 Å². The molecule has 3 amide bonds. The van der Waals surface area contributed by atoms with Crippen molar-refractivity contribution in [1.82, 2.24) is 4.90 Å². The van der Waals surface area contributed by atoms with Crippen molar-refractivity contribution in [2.75, 3.05) is 11.9 Å². The van der Waals surface area contributed by atoms with E-state index in [4.69, 9.17) is 4.42 Å². The average Bonchev–Trinajstić information content (AvgIpc) is 2.87. The number of nitrogens with zero attached hydrogens (tertiary/aromatic N) is 1. The van der Waals surface area contributed by atoms with Gasteiger partial charge in [-0.05, 0) is 37.1 Å². The van der Waals surface area contributed by atoms with Crippen molar-refractivity contribution in [3.8, 4) is 0 Å². The molecular formula is C19H18N2O5. The maximum absolute atomic E-state index is 12.4. The molecule has 7 nitrogen and oxygen atoms in total. The molecule has 1 aromatic heterocycles. The zero-order valence-corrected chi connectivity index (χ0v) is 14.1. The van der Waals surface area contributed by atoms with Gasteiger partial charge in [0.15, 0.2) is 0 Å². The number of hydrogen-bond acceptors (Lipinski definition) is 5. The summed E-state index contributed by atoms with van der Waals surface area (Å²) in [6.45, 7) is -0.271. The van der Waals surface area contributed by atoms with Crippen molar-refractivity contribution in [2.45, 2.75) is 25.7 Å². The van der Waals surface area contributed by atoms with E-state index in [0.717, 1.165) is 30.6 Å². The SMILES string of the molecule is O=C(CN1C(=O)[C@H]2CCCC[C@@H]2C1=O)Nc1ccc2oc(=O)ccc2c1. The fourth-order valence-electron chi connectivity index (χ4n) is 3.88. The van der Waals surface area contributed by atoms with E-state index in [1.165, 1.54) is 6.07 Å². The number of anilines is 1. The number of benzene rings is 1. The second kappa shape index (κ2) is 6.40. The van der Waals surface area contributed by atoms with E-state index in [2.05, 4.69) is 5.32 Å². The molecule has 0 bridgehead atoms. The highest BCUT2D eigenvalue weighted by Crippen LogP contribution is 2.37. The molecule has 0 radical (unpaired) electrons. The van der Waals surface area contributed by atoms with E-state index in [1.54, 1.807) is 24.3 Å². The molecule has 26 heavy (non-hydrogen) atoms. The molecule has 1 aliphatic heterocycles. The lowest BCUT2D eigenvalue weighted by molar-refractivity contribution is -0.142. The summed E-state index contributed by atoms with van der Waals surface area (Å²) in [5.41, 5.74) is 0.485. The quantitative estimate of drug-likeness (QED) is 0.671.